The van der Waals surface area contributed by atoms with Crippen LogP contribution in [0.2, 0.25) is 5.02 Å². The maximum atomic E-state index is 12.8. The van der Waals surface area contributed by atoms with Crippen molar-refractivity contribution in [3.63, 3.8) is 0 Å². The fourth-order valence-electron chi connectivity index (χ4n) is 0.893. The number of nitrogens with two attached hydrogens (primary N) is 1. The van der Waals surface area contributed by atoms with Crippen molar-refractivity contribution in [3.05, 3.63) is 28.5 Å². The third kappa shape index (κ3) is 1.89. The molecular formula is C8H6ClFN2O. The third-order valence-electron chi connectivity index (χ3n) is 1.53. The predicted octanol–water partition coefficient (Wildman–Crippen LogP) is 1.71. The molecule has 1 rings (SSSR count). The van der Waals surface area contributed by atoms with Gasteiger partial charge in [-0.05, 0) is 12.1 Å². The van der Waals surface area contributed by atoms with E-state index in [9.17, 15) is 4.39 Å². The molecule has 0 heterocycles. The highest BCUT2D eigenvalue weighted by molar-refractivity contribution is 6.30. The normalized spacial score (nSPS) is 12.2. The van der Waals surface area contributed by atoms with Gasteiger partial charge < -0.3 is 10.8 Å². The lowest BCUT2D eigenvalue weighted by Gasteiger charge is -2.07. The van der Waals surface area contributed by atoms with Crippen molar-refractivity contribution in [1.82, 2.24) is 0 Å². The average Bonchev–Trinajstić information content (AvgIpc) is 2.10. The van der Waals surface area contributed by atoms with E-state index < -0.39 is 17.6 Å². The number of halogens is 2. The Hall–Kier alpha value is -1.31. The molecule has 68 valence electrons. The molecule has 0 aliphatic rings. The molecule has 0 aromatic heterocycles. The molecule has 3 N–H and O–H groups in total. The standard InChI is InChI=1S/C8H6ClFN2O/c9-4-1-5(7(12)3-11)8(13)6(10)2-4/h1-2,7,13H,12H2/t7-/m0/s1. The minimum Gasteiger partial charge on any atom is -0.505 e. The van der Waals surface area contributed by atoms with Gasteiger partial charge in [0.25, 0.3) is 0 Å². The van der Waals surface area contributed by atoms with Crippen molar-refractivity contribution in [2.24, 2.45) is 5.73 Å². The molecule has 5 heteroatoms. The van der Waals surface area contributed by atoms with E-state index in [0.29, 0.717) is 0 Å². The van der Waals surface area contributed by atoms with Gasteiger partial charge in [-0.3, -0.25) is 0 Å². The molecule has 0 amide bonds. The lowest BCUT2D eigenvalue weighted by molar-refractivity contribution is 0.424. The average molecular weight is 201 g/mol. The van der Waals surface area contributed by atoms with E-state index >= 15 is 0 Å². The van der Waals surface area contributed by atoms with Gasteiger partial charge in [-0.2, -0.15) is 5.26 Å². The maximum absolute atomic E-state index is 12.8. The van der Waals surface area contributed by atoms with Gasteiger partial charge in [0.2, 0.25) is 0 Å². The van der Waals surface area contributed by atoms with Crippen molar-refractivity contribution in [2.45, 2.75) is 6.04 Å². The molecule has 0 saturated heterocycles. The summed E-state index contributed by atoms with van der Waals surface area (Å²) in [5.41, 5.74) is 5.28. The number of benzene rings is 1. The molecule has 0 radical (unpaired) electrons. The van der Waals surface area contributed by atoms with E-state index in [1.54, 1.807) is 6.07 Å². The molecule has 0 spiro atoms. The second-order valence-corrected chi connectivity index (χ2v) is 2.87. The van der Waals surface area contributed by atoms with Crippen molar-refractivity contribution in [1.29, 1.82) is 5.26 Å². The first-order valence-corrected chi connectivity index (χ1v) is 3.77. The number of hydrogen-bond donors (Lipinski definition) is 2. The molecule has 3 nitrogen and oxygen atoms in total. The van der Waals surface area contributed by atoms with E-state index in [2.05, 4.69) is 0 Å². The summed E-state index contributed by atoms with van der Waals surface area (Å²) in [6, 6.07) is 2.80. The SMILES string of the molecule is N#C[C@H](N)c1cc(Cl)cc(F)c1O. The van der Waals surface area contributed by atoms with Gasteiger partial charge in [0.15, 0.2) is 11.6 Å². The second kappa shape index (κ2) is 3.60. The Bertz CT molecular complexity index is 375. The maximum Gasteiger partial charge on any atom is 0.166 e. The van der Waals surface area contributed by atoms with Gasteiger partial charge in [0.05, 0.1) is 6.07 Å². The van der Waals surface area contributed by atoms with Crippen LogP contribution in [0.4, 0.5) is 4.39 Å². The van der Waals surface area contributed by atoms with E-state index in [-0.39, 0.29) is 10.6 Å². The molecule has 1 atom stereocenters. The number of phenols is 1. The van der Waals surface area contributed by atoms with Gasteiger partial charge in [-0.15, -0.1) is 0 Å². The van der Waals surface area contributed by atoms with Crippen LogP contribution in [0.1, 0.15) is 11.6 Å². The molecule has 0 unspecified atom stereocenters. The van der Waals surface area contributed by atoms with Crippen molar-refractivity contribution in [3.8, 4) is 11.8 Å². The lowest BCUT2D eigenvalue weighted by atomic mass is 10.1. The summed E-state index contributed by atoms with van der Waals surface area (Å²) in [5, 5.41) is 17.7. The minimum absolute atomic E-state index is 0.00694. The fourth-order valence-corrected chi connectivity index (χ4v) is 1.11. The first-order chi connectivity index (χ1) is 6.06. The molecule has 0 saturated carbocycles. The summed E-state index contributed by atoms with van der Waals surface area (Å²) in [4.78, 5) is 0. The summed E-state index contributed by atoms with van der Waals surface area (Å²) in [6.07, 6.45) is 0. The fraction of sp³-hybridized carbons (Fsp3) is 0.125. The van der Waals surface area contributed by atoms with Crippen LogP contribution in [-0.2, 0) is 0 Å². The molecular weight excluding hydrogens is 195 g/mol. The van der Waals surface area contributed by atoms with Gasteiger partial charge in [0.1, 0.15) is 6.04 Å². The highest BCUT2D eigenvalue weighted by Crippen LogP contribution is 2.29. The van der Waals surface area contributed by atoms with Crippen LogP contribution < -0.4 is 5.73 Å². The number of nitrogens with zero attached hydrogens (tertiary/aromatic N) is 1. The van der Waals surface area contributed by atoms with Gasteiger partial charge in [0, 0.05) is 10.6 Å². The monoisotopic (exact) mass is 200 g/mol. The zero-order chi connectivity index (χ0) is 10.0. The molecule has 0 bridgehead atoms. The Morgan fingerprint density at radius 2 is 2.23 bits per heavy atom. The van der Waals surface area contributed by atoms with Crippen LogP contribution in [-0.4, -0.2) is 5.11 Å². The Balaban J connectivity index is 3.30. The lowest BCUT2D eigenvalue weighted by Crippen LogP contribution is -2.08. The smallest absolute Gasteiger partial charge is 0.166 e. The Morgan fingerprint density at radius 1 is 1.62 bits per heavy atom. The molecule has 13 heavy (non-hydrogen) atoms. The highest BCUT2D eigenvalue weighted by atomic mass is 35.5. The van der Waals surface area contributed by atoms with Gasteiger partial charge in [-0.25, -0.2) is 4.39 Å². The molecule has 0 fully saturated rings. The zero-order valence-electron chi connectivity index (χ0n) is 6.46. The largest absolute Gasteiger partial charge is 0.505 e. The van der Waals surface area contributed by atoms with E-state index in [1.165, 1.54) is 6.07 Å². The van der Waals surface area contributed by atoms with Crippen LogP contribution in [0.5, 0.6) is 5.75 Å². The number of hydrogen-bond acceptors (Lipinski definition) is 3. The summed E-state index contributed by atoms with van der Waals surface area (Å²) >= 11 is 5.51. The topological polar surface area (TPSA) is 70.0 Å². The number of rotatable bonds is 1. The van der Waals surface area contributed by atoms with E-state index in [0.717, 1.165) is 6.07 Å². The Labute approximate surface area is 79.2 Å². The van der Waals surface area contributed by atoms with Crippen LogP contribution in [0.3, 0.4) is 0 Å². The van der Waals surface area contributed by atoms with Crippen LogP contribution in [0, 0.1) is 17.1 Å². The second-order valence-electron chi connectivity index (χ2n) is 2.43. The summed E-state index contributed by atoms with van der Waals surface area (Å²) in [6.45, 7) is 0. The van der Waals surface area contributed by atoms with E-state index in [1.807, 2.05) is 0 Å². The van der Waals surface area contributed by atoms with Crippen LogP contribution >= 0.6 is 11.6 Å². The Morgan fingerprint density at radius 3 is 2.77 bits per heavy atom. The summed E-state index contributed by atoms with van der Waals surface area (Å²) < 4.78 is 12.8. The van der Waals surface area contributed by atoms with Crippen molar-refractivity contribution >= 4 is 11.6 Å². The molecule has 0 aliphatic carbocycles. The summed E-state index contributed by atoms with van der Waals surface area (Å²) in [7, 11) is 0. The Kier molecular flexibility index (Phi) is 2.71. The van der Waals surface area contributed by atoms with Gasteiger partial charge in [-0.1, -0.05) is 11.6 Å². The number of aromatic hydroxyl groups is 1. The van der Waals surface area contributed by atoms with Crippen molar-refractivity contribution in [2.75, 3.05) is 0 Å². The minimum atomic E-state index is -1.08. The van der Waals surface area contributed by atoms with Crippen molar-refractivity contribution < 1.29 is 9.50 Å². The quantitative estimate of drug-likeness (QED) is 0.725. The van der Waals surface area contributed by atoms with Crippen LogP contribution in [0.25, 0.3) is 0 Å². The van der Waals surface area contributed by atoms with Gasteiger partial charge >= 0.3 is 0 Å². The predicted molar refractivity (Wildman–Crippen MR) is 45.6 cm³/mol. The first kappa shape index (κ1) is 9.78. The number of phenolic OH excluding ortho intramolecular Hbond substituents is 1. The zero-order valence-corrected chi connectivity index (χ0v) is 7.22. The molecule has 1 aromatic carbocycles. The highest BCUT2D eigenvalue weighted by Gasteiger charge is 2.14. The summed E-state index contributed by atoms with van der Waals surface area (Å²) in [5.74, 6) is -1.51. The molecule has 1 aromatic rings. The first-order valence-electron chi connectivity index (χ1n) is 3.39. The van der Waals surface area contributed by atoms with E-state index in [4.69, 9.17) is 27.7 Å². The van der Waals surface area contributed by atoms with Crippen LogP contribution in [0.15, 0.2) is 12.1 Å². The number of nitriles is 1. The molecule has 0 aliphatic heterocycles. The third-order valence-corrected chi connectivity index (χ3v) is 1.75.